The van der Waals surface area contributed by atoms with E-state index in [1.807, 2.05) is 26.2 Å². The molecule has 0 spiro atoms. The first-order chi connectivity index (χ1) is 10.1. The minimum atomic E-state index is 0.103. The van der Waals surface area contributed by atoms with Gasteiger partial charge in [-0.1, -0.05) is 24.3 Å². The zero-order valence-electron chi connectivity index (χ0n) is 13.1. The average Bonchev–Trinajstić information content (AvgIpc) is 2.50. The van der Waals surface area contributed by atoms with E-state index in [1.54, 1.807) is 4.90 Å². The van der Waals surface area contributed by atoms with Crippen LogP contribution in [0.5, 0.6) is 0 Å². The number of amides is 1. The van der Waals surface area contributed by atoms with Crippen LogP contribution < -0.4 is 0 Å². The van der Waals surface area contributed by atoms with Crippen LogP contribution in [0.4, 0.5) is 0 Å². The summed E-state index contributed by atoms with van der Waals surface area (Å²) in [5.41, 5.74) is 2.25. The molecule has 0 unspecified atom stereocenters. The second-order valence-corrected chi connectivity index (χ2v) is 6.19. The number of aliphatic hydroxyl groups is 1. The number of aliphatic hydroxyl groups excluding tert-OH is 1. The lowest BCUT2D eigenvalue weighted by Crippen LogP contribution is -2.35. The number of likely N-dealkylation sites (tertiary alicyclic amines) is 1. The van der Waals surface area contributed by atoms with E-state index < -0.39 is 0 Å². The highest BCUT2D eigenvalue weighted by molar-refractivity contribution is 5.75. The van der Waals surface area contributed by atoms with E-state index >= 15 is 0 Å². The van der Waals surface area contributed by atoms with E-state index in [2.05, 4.69) is 17.0 Å². The highest BCUT2D eigenvalue weighted by Gasteiger charge is 2.22. The Morgan fingerprint density at radius 3 is 2.29 bits per heavy atom. The second-order valence-electron chi connectivity index (χ2n) is 6.19. The van der Waals surface area contributed by atoms with Crippen molar-refractivity contribution in [3.8, 4) is 0 Å². The predicted molar refractivity (Wildman–Crippen MR) is 83.7 cm³/mol. The largest absolute Gasteiger partial charge is 0.392 e. The molecule has 1 aliphatic heterocycles. The average molecular weight is 290 g/mol. The number of carbonyl (C=O) groups is 1. The maximum atomic E-state index is 11.7. The second kappa shape index (κ2) is 7.57. The van der Waals surface area contributed by atoms with Crippen LogP contribution >= 0.6 is 0 Å². The fraction of sp³-hybridized carbons (Fsp3) is 0.588. The SMILES string of the molecule is CN(C)C(=O)CC1CCN(Cc2ccc(CO)cc2)CC1. The zero-order chi connectivity index (χ0) is 15.2. The molecule has 4 nitrogen and oxygen atoms in total. The van der Waals surface area contributed by atoms with Gasteiger partial charge in [-0.15, -0.1) is 0 Å². The normalized spacial score (nSPS) is 16.9. The molecule has 1 N–H and O–H groups in total. The molecule has 0 bridgehead atoms. The van der Waals surface area contributed by atoms with Gasteiger partial charge in [0.1, 0.15) is 0 Å². The Bertz CT molecular complexity index is 448. The van der Waals surface area contributed by atoms with Crippen molar-refractivity contribution < 1.29 is 9.90 Å². The van der Waals surface area contributed by atoms with Crippen LogP contribution in [-0.4, -0.2) is 48.0 Å². The molecule has 4 heteroatoms. The molecule has 0 atom stereocenters. The highest BCUT2D eigenvalue weighted by atomic mass is 16.3. The topological polar surface area (TPSA) is 43.8 Å². The first kappa shape index (κ1) is 16.0. The molecule has 0 saturated carbocycles. The Hall–Kier alpha value is -1.39. The molecular weight excluding hydrogens is 264 g/mol. The molecule has 1 saturated heterocycles. The van der Waals surface area contributed by atoms with Crippen LogP contribution in [0, 0.1) is 5.92 Å². The molecule has 1 aliphatic rings. The summed E-state index contributed by atoms with van der Waals surface area (Å²) in [6.07, 6.45) is 2.90. The zero-order valence-corrected chi connectivity index (χ0v) is 13.1. The van der Waals surface area contributed by atoms with Crippen molar-refractivity contribution in [3.63, 3.8) is 0 Å². The quantitative estimate of drug-likeness (QED) is 0.900. The summed E-state index contributed by atoms with van der Waals surface area (Å²) in [6, 6.07) is 8.15. The van der Waals surface area contributed by atoms with Gasteiger partial charge in [-0.3, -0.25) is 9.69 Å². The van der Waals surface area contributed by atoms with E-state index in [-0.39, 0.29) is 12.5 Å². The summed E-state index contributed by atoms with van der Waals surface area (Å²) in [5.74, 6) is 0.779. The fourth-order valence-corrected chi connectivity index (χ4v) is 2.79. The summed E-state index contributed by atoms with van der Waals surface area (Å²) in [7, 11) is 3.65. The molecule has 1 heterocycles. The van der Waals surface area contributed by atoms with E-state index in [4.69, 9.17) is 5.11 Å². The van der Waals surface area contributed by atoms with Crippen molar-refractivity contribution in [1.82, 2.24) is 9.80 Å². The number of nitrogens with zero attached hydrogens (tertiary/aromatic N) is 2. The van der Waals surface area contributed by atoms with Gasteiger partial charge in [-0.2, -0.15) is 0 Å². The molecule has 0 radical (unpaired) electrons. The van der Waals surface area contributed by atoms with Crippen molar-refractivity contribution in [2.45, 2.75) is 32.4 Å². The van der Waals surface area contributed by atoms with E-state index in [1.165, 1.54) is 5.56 Å². The molecule has 0 aromatic heterocycles. The first-order valence-electron chi connectivity index (χ1n) is 7.69. The summed E-state index contributed by atoms with van der Waals surface area (Å²) in [5, 5.41) is 9.05. The summed E-state index contributed by atoms with van der Waals surface area (Å²) >= 11 is 0. The summed E-state index contributed by atoms with van der Waals surface area (Å²) in [4.78, 5) is 15.9. The lowest BCUT2D eigenvalue weighted by molar-refractivity contribution is -0.130. The van der Waals surface area contributed by atoms with Crippen LogP contribution in [0.1, 0.15) is 30.4 Å². The molecule has 0 aliphatic carbocycles. The molecule has 1 fully saturated rings. The Morgan fingerprint density at radius 1 is 1.19 bits per heavy atom. The van der Waals surface area contributed by atoms with Gasteiger partial charge in [0.2, 0.25) is 5.91 Å². The van der Waals surface area contributed by atoms with Gasteiger partial charge in [0, 0.05) is 27.1 Å². The van der Waals surface area contributed by atoms with Crippen LogP contribution in [0.25, 0.3) is 0 Å². The Morgan fingerprint density at radius 2 is 1.76 bits per heavy atom. The Balaban J connectivity index is 1.77. The maximum Gasteiger partial charge on any atom is 0.222 e. The van der Waals surface area contributed by atoms with Crippen LogP contribution in [-0.2, 0) is 17.9 Å². The minimum Gasteiger partial charge on any atom is -0.392 e. The van der Waals surface area contributed by atoms with Gasteiger partial charge in [0.05, 0.1) is 6.61 Å². The Kier molecular flexibility index (Phi) is 5.76. The third kappa shape index (κ3) is 4.83. The highest BCUT2D eigenvalue weighted by Crippen LogP contribution is 2.22. The van der Waals surface area contributed by atoms with Crippen LogP contribution in [0.3, 0.4) is 0 Å². The van der Waals surface area contributed by atoms with Gasteiger partial charge in [0.25, 0.3) is 0 Å². The van der Waals surface area contributed by atoms with Gasteiger partial charge in [-0.25, -0.2) is 0 Å². The van der Waals surface area contributed by atoms with Gasteiger partial charge in [-0.05, 0) is 43.0 Å². The van der Waals surface area contributed by atoms with Gasteiger partial charge >= 0.3 is 0 Å². The van der Waals surface area contributed by atoms with Crippen LogP contribution in [0.15, 0.2) is 24.3 Å². The molecule has 2 rings (SSSR count). The maximum absolute atomic E-state index is 11.7. The van der Waals surface area contributed by atoms with Gasteiger partial charge in [0.15, 0.2) is 0 Å². The number of benzene rings is 1. The number of rotatable bonds is 5. The van der Waals surface area contributed by atoms with Crippen molar-refractivity contribution in [3.05, 3.63) is 35.4 Å². The van der Waals surface area contributed by atoms with Gasteiger partial charge < -0.3 is 10.0 Å². The first-order valence-corrected chi connectivity index (χ1v) is 7.69. The number of piperidine rings is 1. The lowest BCUT2D eigenvalue weighted by Gasteiger charge is -2.32. The molecule has 1 amide bonds. The molecule has 21 heavy (non-hydrogen) atoms. The van der Waals surface area contributed by atoms with Crippen molar-refractivity contribution in [2.75, 3.05) is 27.2 Å². The van der Waals surface area contributed by atoms with E-state index in [0.717, 1.165) is 38.0 Å². The number of carbonyl (C=O) groups excluding carboxylic acids is 1. The molecule has 1 aromatic carbocycles. The predicted octanol–water partition coefficient (Wildman–Crippen LogP) is 1.87. The Labute approximate surface area is 127 Å². The number of hydrogen-bond donors (Lipinski definition) is 1. The van der Waals surface area contributed by atoms with Crippen LogP contribution in [0.2, 0.25) is 0 Å². The van der Waals surface area contributed by atoms with E-state index in [0.29, 0.717) is 12.3 Å². The summed E-state index contributed by atoms with van der Waals surface area (Å²) in [6.45, 7) is 3.19. The molecule has 1 aromatic rings. The molecular formula is C17H26N2O2. The third-order valence-corrected chi connectivity index (χ3v) is 4.28. The minimum absolute atomic E-state index is 0.103. The van der Waals surface area contributed by atoms with Crippen molar-refractivity contribution in [1.29, 1.82) is 0 Å². The van der Waals surface area contributed by atoms with Crippen molar-refractivity contribution >= 4 is 5.91 Å². The lowest BCUT2D eigenvalue weighted by atomic mass is 9.93. The summed E-state index contributed by atoms with van der Waals surface area (Å²) < 4.78 is 0. The molecule has 116 valence electrons. The van der Waals surface area contributed by atoms with E-state index in [9.17, 15) is 4.79 Å². The van der Waals surface area contributed by atoms with Crippen molar-refractivity contribution in [2.24, 2.45) is 5.92 Å². The monoisotopic (exact) mass is 290 g/mol. The number of hydrogen-bond acceptors (Lipinski definition) is 3. The standard InChI is InChI=1S/C17H26N2O2/c1-18(2)17(21)11-14-7-9-19(10-8-14)12-15-3-5-16(13-20)6-4-15/h3-6,14,20H,7-13H2,1-2H3. The third-order valence-electron chi connectivity index (χ3n) is 4.28. The fourth-order valence-electron chi connectivity index (χ4n) is 2.79. The smallest absolute Gasteiger partial charge is 0.222 e.